The summed E-state index contributed by atoms with van der Waals surface area (Å²) in [6.07, 6.45) is 12.0. The predicted octanol–water partition coefficient (Wildman–Crippen LogP) is 3.01. The topological polar surface area (TPSA) is 18.5 Å². The minimum Gasteiger partial charge on any atom is -0.224 e. The molecule has 6 rings (SSSR count). The van der Waals surface area contributed by atoms with Gasteiger partial charge in [-0.25, -0.2) is 9.78 Å². The fourth-order valence-electron chi connectivity index (χ4n) is 5.35. The van der Waals surface area contributed by atoms with E-state index in [-0.39, 0.29) is 12.2 Å². The maximum absolute atomic E-state index is 5.38. The summed E-state index contributed by atoms with van der Waals surface area (Å²) in [6.45, 7) is 0. The Labute approximate surface area is 102 Å². The Morgan fingerprint density at radius 2 is 1.24 bits per heavy atom. The zero-order valence-electron chi connectivity index (χ0n) is 9.97. The lowest BCUT2D eigenvalue weighted by atomic mass is 9.53. The molecule has 1 aliphatic heterocycles. The number of hydrogen-bond acceptors (Lipinski definition) is 2. The van der Waals surface area contributed by atoms with Crippen LogP contribution in [0.25, 0.3) is 0 Å². The first-order valence-corrected chi connectivity index (χ1v) is 7.13. The first-order chi connectivity index (χ1) is 8.38. The van der Waals surface area contributed by atoms with Crippen LogP contribution in [0.1, 0.15) is 32.1 Å². The summed E-state index contributed by atoms with van der Waals surface area (Å²) in [7, 11) is 0. The summed E-state index contributed by atoms with van der Waals surface area (Å²) in [5.41, 5.74) is 3.26. The Morgan fingerprint density at radius 3 is 1.71 bits per heavy atom. The molecular formula is C15H18O2. The van der Waals surface area contributed by atoms with Gasteiger partial charge in [-0.3, -0.25) is 0 Å². The monoisotopic (exact) mass is 230 g/mol. The molecule has 0 aromatic heterocycles. The molecule has 6 bridgehead atoms. The highest BCUT2D eigenvalue weighted by molar-refractivity contribution is 5.41. The summed E-state index contributed by atoms with van der Waals surface area (Å²) in [5, 5.41) is 0. The summed E-state index contributed by atoms with van der Waals surface area (Å²) >= 11 is 0. The maximum Gasteiger partial charge on any atom is 0.135 e. The number of allylic oxidation sites excluding steroid dienone is 1. The van der Waals surface area contributed by atoms with E-state index in [1.54, 1.807) is 5.57 Å². The largest absolute Gasteiger partial charge is 0.224 e. The fraction of sp³-hybridized carbons (Fsp3) is 0.733. The van der Waals surface area contributed by atoms with E-state index < -0.39 is 0 Å². The zero-order valence-corrected chi connectivity index (χ0v) is 9.97. The molecule has 2 atom stereocenters. The lowest BCUT2D eigenvalue weighted by Crippen LogP contribution is -2.41. The van der Waals surface area contributed by atoms with Crippen molar-refractivity contribution in [2.45, 2.75) is 44.3 Å². The van der Waals surface area contributed by atoms with Crippen LogP contribution >= 0.6 is 0 Å². The number of rotatable bonds is 0. The van der Waals surface area contributed by atoms with Crippen molar-refractivity contribution in [1.82, 2.24) is 0 Å². The fourth-order valence-corrected chi connectivity index (χ4v) is 5.35. The third-order valence-electron chi connectivity index (χ3n) is 5.69. The van der Waals surface area contributed by atoms with Crippen molar-refractivity contribution in [1.29, 1.82) is 0 Å². The minimum absolute atomic E-state index is 0.160. The van der Waals surface area contributed by atoms with Gasteiger partial charge in [-0.05, 0) is 67.9 Å². The smallest absolute Gasteiger partial charge is 0.135 e. The van der Waals surface area contributed by atoms with Gasteiger partial charge in [0.15, 0.2) is 0 Å². The van der Waals surface area contributed by atoms with Crippen LogP contribution in [-0.2, 0) is 9.78 Å². The van der Waals surface area contributed by atoms with Gasteiger partial charge in [-0.1, -0.05) is 5.57 Å². The first kappa shape index (κ1) is 9.35. The molecule has 5 aliphatic carbocycles. The molecule has 2 nitrogen and oxygen atoms in total. The molecule has 1 saturated heterocycles. The molecule has 0 amide bonds. The Morgan fingerprint density at radius 1 is 0.706 bits per heavy atom. The highest BCUT2D eigenvalue weighted by Gasteiger charge is 2.49. The van der Waals surface area contributed by atoms with Gasteiger partial charge in [0.25, 0.3) is 0 Å². The van der Waals surface area contributed by atoms with Crippen LogP contribution in [-0.4, -0.2) is 12.2 Å². The Balaban J connectivity index is 1.62. The van der Waals surface area contributed by atoms with Crippen LogP contribution in [0.2, 0.25) is 0 Å². The minimum atomic E-state index is 0.160. The quantitative estimate of drug-likeness (QED) is 0.470. The first-order valence-electron chi connectivity index (χ1n) is 7.13. The lowest BCUT2D eigenvalue weighted by Gasteiger charge is -2.52. The van der Waals surface area contributed by atoms with E-state index in [1.165, 1.54) is 37.7 Å². The van der Waals surface area contributed by atoms with Crippen LogP contribution in [0.4, 0.5) is 0 Å². The zero-order chi connectivity index (χ0) is 11.0. The van der Waals surface area contributed by atoms with Gasteiger partial charge >= 0.3 is 0 Å². The molecule has 17 heavy (non-hydrogen) atoms. The molecule has 0 radical (unpaired) electrons. The highest BCUT2D eigenvalue weighted by Crippen LogP contribution is 2.58. The van der Waals surface area contributed by atoms with Gasteiger partial charge < -0.3 is 0 Å². The van der Waals surface area contributed by atoms with Crippen molar-refractivity contribution in [3.63, 3.8) is 0 Å². The molecule has 5 fully saturated rings. The van der Waals surface area contributed by atoms with Crippen molar-refractivity contribution in [3.05, 3.63) is 23.3 Å². The molecule has 90 valence electrons. The normalized spacial score (nSPS) is 54.1. The van der Waals surface area contributed by atoms with Gasteiger partial charge in [0, 0.05) is 5.57 Å². The molecule has 0 spiro atoms. The van der Waals surface area contributed by atoms with Crippen molar-refractivity contribution >= 4 is 0 Å². The molecule has 0 N–H and O–H groups in total. The predicted molar refractivity (Wildman–Crippen MR) is 63.0 cm³/mol. The van der Waals surface area contributed by atoms with Gasteiger partial charge in [-0.2, -0.15) is 0 Å². The van der Waals surface area contributed by atoms with E-state index in [2.05, 4.69) is 12.2 Å². The summed E-state index contributed by atoms with van der Waals surface area (Å²) in [4.78, 5) is 10.8. The average Bonchev–Trinajstić information content (AvgIpc) is 2.88. The third-order valence-corrected chi connectivity index (χ3v) is 5.69. The summed E-state index contributed by atoms with van der Waals surface area (Å²) < 4.78 is 0. The molecule has 0 aromatic carbocycles. The molecule has 6 aliphatic rings. The van der Waals surface area contributed by atoms with E-state index in [1.807, 2.05) is 0 Å². The Hall–Kier alpha value is -0.600. The van der Waals surface area contributed by atoms with E-state index in [0.29, 0.717) is 0 Å². The van der Waals surface area contributed by atoms with Gasteiger partial charge in [0.1, 0.15) is 12.2 Å². The van der Waals surface area contributed by atoms with E-state index in [4.69, 9.17) is 9.78 Å². The lowest BCUT2D eigenvalue weighted by molar-refractivity contribution is -0.286. The average molecular weight is 230 g/mol. The van der Waals surface area contributed by atoms with Crippen molar-refractivity contribution < 1.29 is 9.78 Å². The van der Waals surface area contributed by atoms with Gasteiger partial charge in [0.2, 0.25) is 0 Å². The second-order valence-electron chi connectivity index (χ2n) is 6.63. The second kappa shape index (κ2) is 3.04. The van der Waals surface area contributed by atoms with Gasteiger partial charge in [0.05, 0.1) is 0 Å². The van der Waals surface area contributed by atoms with E-state index in [9.17, 15) is 0 Å². The standard InChI is InChI=1S/C15H18O2/c1-2-13-15(12(1)16-17-13)14-10-4-8-3-9(6-10)7-11(14)5-8/h1-2,8-13H,3-7H2. The molecule has 2 unspecified atom stereocenters. The molecule has 2 heteroatoms. The summed E-state index contributed by atoms with van der Waals surface area (Å²) in [5.74, 6) is 3.82. The second-order valence-corrected chi connectivity index (χ2v) is 6.63. The van der Waals surface area contributed by atoms with Crippen LogP contribution in [0, 0.1) is 23.7 Å². The molecule has 0 aromatic rings. The van der Waals surface area contributed by atoms with E-state index in [0.717, 1.165) is 23.7 Å². The summed E-state index contributed by atoms with van der Waals surface area (Å²) in [6, 6.07) is 0. The number of fused-ring (bicyclic) bond motifs is 2. The van der Waals surface area contributed by atoms with Gasteiger partial charge in [-0.15, -0.1) is 0 Å². The maximum atomic E-state index is 5.38. The molecular weight excluding hydrogens is 212 g/mol. The Bertz CT molecular complexity index is 388. The highest BCUT2D eigenvalue weighted by atomic mass is 17.2. The van der Waals surface area contributed by atoms with Crippen LogP contribution in [0.5, 0.6) is 0 Å². The number of hydrogen-bond donors (Lipinski definition) is 0. The Kier molecular flexibility index (Phi) is 1.67. The van der Waals surface area contributed by atoms with Crippen molar-refractivity contribution in [3.8, 4) is 0 Å². The molecule has 1 heterocycles. The molecule has 4 saturated carbocycles. The third kappa shape index (κ3) is 1.13. The van der Waals surface area contributed by atoms with E-state index >= 15 is 0 Å². The van der Waals surface area contributed by atoms with Crippen molar-refractivity contribution in [2.24, 2.45) is 23.7 Å². The van der Waals surface area contributed by atoms with Crippen LogP contribution < -0.4 is 0 Å². The van der Waals surface area contributed by atoms with Crippen LogP contribution in [0.15, 0.2) is 23.3 Å². The SMILES string of the molecule is C1=CC2OOC1C2=C1C2CC3CC(C2)CC1C3. The van der Waals surface area contributed by atoms with Crippen LogP contribution in [0.3, 0.4) is 0 Å². The van der Waals surface area contributed by atoms with Crippen molar-refractivity contribution in [2.75, 3.05) is 0 Å².